The summed E-state index contributed by atoms with van der Waals surface area (Å²) in [6.07, 6.45) is 2.82. The van der Waals surface area contributed by atoms with E-state index in [0.29, 0.717) is 13.1 Å². The Morgan fingerprint density at radius 3 is 2.50 bits per heavy atom. The lowest BCUT2D eigenvalue weighted by molar-refractivity contribution is -0.129. The van der Waals surface area contributed by atoms with Gasteiger partial charge in [0.25, 0.3) is 0 Å². The molecule has 182 valence electrons. The molecule has 2 aromatic heterocycles. The van der Waals surface area contributed by atoms with Gasteiger partial charge in [0.1, 0.15) is 17.5 Å². The van der Waals surface area contributed by atoms with Crippen LogP contribution in [0.1, 0.15) is 18.1 Å². The number of fused-ring (bicyclic) bond motifs is 2. The average Bonchev–Trinajstić information content (AvgIpc) is 3.12. The number of nitrogens with zero attached hydrogens (tertiary/aromatic N) is 4. The van der Waals surface area contributed by atoms with Gasteiger partial charge in [-0.25, -0.2) is 18.4 Å². The molecule has 7 nitrogen and oxygen atoms in total. The lowest BCUT2D eigenvalue weighted by Gasteiger charge is -2.24. The van der Waals surface area contributed by atoms with Gasteiger partial charge in [0, 0.05) is 36.7 Å². The number of nitrogens with one attached hydrogen (secondary N) is 1. The first-order valence-corrected chi connectivity index (χ1v) is 11.7. The van der Waals surface area contributed by atoms with Crippen LogP contribution >= 0.6 is 0 Å². The number of benzene rings is 2. The normalized spacial score (nSPS) is 22.5. The van der Waals surface area contributed by atoms with Crippen LogP contribution < -0.4 is 5.32 Å². The second kappa shape index (κ2) is 7.94. The number of likely N-dealkylation sites (tertiary alicyclic amines) is 1. The zero-order valence-corrected chi connectivity index (χ0v) is 19.7. The summed E-state index contributed by atoms with van der Waals surface area (Å²) in [4.78, 5) is 31.3. The summed E-state index contributed by atoms with van der Waals surface area (Å²) in [5, 5.41) is 8.22. The number of anilines is 1. The van der Waals surface area contributed by atoms with Crippen LogP contribution in [0.2, 0.25) is 0 Å². The summed E-state index contributed by atoms with van der Waals surface area (Å²) in [7, 11) is 0. The SMILES string of the molecule is CC(=O)N1C[C@@H]2[C@@H](C(=O)Nc3ccc(F)cn3)[C@]2(c2cc3cnn(-c4ccc(F)cc4)c3cc2C)C1. The molecule has 1 saturated carbocycles. The number of halogens is 2. The second-order valence-corrected chi connectivity index (χ2v) is 9.63. The standard InChI is InChI=1S/C27H23F2N5O2/c1-15-9-23-17(11-31-34(23)20-6-3-18(28)4-7-20)10-21(15)27-14-33(16(2)35)13-22(27)25(27)26(36)32-24-8-5-19(29)12-30-24/h3-12,22,25H,13-14H2,1-2H3,(H,30,32,36)/t22-,25+,27+/m1/s1. The van der Waals surface area contributed by atoms with Crippen LogP contribution in [-0.4, -0.2) is 44.6 Å². The molecule has 1 saturated heterocycles. The molecule has 36 heavy (non-hydrogen) atoms. The van der Waals surface area contributed by atoms with Crippen molar-refractivity contribution in [3.63, 3.8) is 0 Å². The van der Waals surface area contributed by atoms with E-state index in [1.54, 1.807) is 34.8 Å². The van der Waals surface area contributed by atoms with Crippen molar-refractivity contribution in [1.82, 2.24) is 19.7 Å². The van der Waals surface area contributed by atoms with E-state index in [4.69, 9.17) is 0 Å². The molecule has 0 spiro atoms. The van der Waals surface area contributed by atoms with Gasteiger partial charge in [-0.2, -0.15) is 5.10 Å². The van der Waals surface area contributed by atoms with E-state index in [1.807, 2.05) is 13.0 Å². The summed E-state index contributed by atoms with van der Waals surface area (Å²) >= 11 is 0. The highest BCUT2D eigenvalue weighted by Crippen LogP contribution is 2.65. The Balaban J connectivity index is 1.38. The van der Waals surface area contributed by atoms with Gasteiger partial charge in [0.05, 0.1) is 29.5 Å². The Morgan fingerprint density at radius 2 is 1.81 bits per heavy atom. The number of pyridine rings is 1. The van der Waals surface area contributed by atoms with Gasteiger partial charge < -0.3 is 10.2 Å². The van der Waals surface area contributed by atoms with Gasteiger partial charge in [-0.3, -0.25) is 9.59 Å². The summed E-state index contributed by atoms with van der Waals surface area (Å²) < 4.78 is 28.4. The molecule has 3 heterocycles. The van der Waals surface area contributed by atoms with Crippen molar-refractivity contribution in [1.29, 1.82) is 0 Å². The van der Waals surface area contributed by atoms with Gasteiger partial charge in [0.15, 0.2) is 0 Å². The van der Waals surface area contributed by atoms with Crippen LogP contribution in [-0.2, 0) is 15.0 Å². The Labute approximate surface area is 205 Å². The van der Waals surface area contributed by atoms with Gasteiger partial charge in [-0.1, -0.05) is 0 Å². The minimum atomic E-state index is -0.522. The molecule has 2 fully saturated rings. The highest BCUT2D eigenvalue weighted by Gasteiger charge is 2.73. The maximum atomic E-state index is 13.4. The van der Waals surface area contributed by atoms with E-state index >= 15 is 0 Å². The Morgan fingerprint density at radius 1 is 1.06 bits per heavy atom. The van der Waals surface area contributed by atoms with E-state index in [-0.39, 0.29) is 35.3 Å². The Kier molecular flexibility index (Phi) is 4.93. The molecular formula is C27H23F2N5O2. The third-order valence-electron chi connectivity index (χ3n) is 7.57. The molecule has 3 atom stereocenters. The quantitative estimate of drug-likeness (QED) is 0.472. The lowest BCUT2D eigenvalue weighted by atomic mass is 9.88. The molecule has 0 bridgehead atoms. The van der Waals surface area contributed by atoms with Crippen molar-refractivity contribution >= 4 is 28.5 Å². The first-order chi connectivity index (χ1) is 17.3. The highest BCUT2D eigenvalue weighted by atomic mass is 19.1. The molecule has 6 rings (SSSR count). The molecule has 2 aromatic carbocycles. The molecule has 0 unspecified atom stereocenters. The third-order valence-corrected chi connectivity index (χ3v) is 7.57. The number of hydrogen-bond acceptors (Lipinski definition) is 4. The third kappa shape index (κ3) is 3.37. The molecule has 9 heteroatoms. The van der Waals surface area contributed by atoms with Crippen molar-refractivity contribution < 1.29 is 18.4 Å². The van der Waals surface area contributed by atoms with Gasteiger partial charge in [-0.15, -0.1) is 0 Å². The second-order valence-electron chi connectivity index (χ2n) is 9.63. The minimum absolute atomic E-state index is 0.0243. The largest absolute Gasteiger partial charge is 0.342 e. The zero-order valence-electron chi connectivity index (χ0n) is 19.7. The van der Waals surface area contributed by atoms with Crippen molar-refractivity contribution in [2.75, 3.05) is 18.4 Å². The van der Waals surface area contributed by atoms with E-state index in [9.17, 15) is 18.4 Å². The number of hydrogen-bond donors (Lipinski definition) is 1. The monoisotopic (exact) mass is 487 g/mol. The van der Waals surface area contributed by atoms with Crippen LogP contribution in [0.4, 0.5) is 14.6 Å². The van der Waals surface area contributed by atoms with Crippen molar-refractivity contribution in [3.8, 4) is 5.69 Å². The topological polar surface area (TPSA) is 80.1 Å². The fraction of sp³-hybridized carbons (Fsp3) is 0.259. The van der Waals surface area contributed by atoms with E-state index in [1.165, 1.54) is 24.3 Å². The Bertz CT molecular complexity index is 1520. The Hall–Kier alpha value is -4.14. The minimum Gasteiger partial charge on any atom is -0.342 e. The molecule has 2 amide bonds. The van der Waals surface area contributed by atoms with Crippen LogP contribution in [0.5, 0.6) is 0 Å². The van der Waals surface area contributed by atoms with Gasteiger partial charge in [0.2, 0.25) is 11.8 Å². The molecule has 1 N–H and O–H groups in total. The number of aromatic nitrogens is 3. The fourth-order valence-corrected chi connectivity index (χ4v) is 5.85. The average molecular weight is 488 g/mol. The predicted molar refractivity (Wildman–Crippen MR) is 130 cm³/mol. The molecule has 1 aliphatic carbocycles. The van der Waals surface area contributed by atoms with Crippen molar-refractivity contribution in [2.45, 2.75) is 19.3 Å². The van der Waals surface area contributed by atoms with E-state index < -0.39 is 11.2 Å². The maximum absolute atomic E-state index is 13.4. The number of piperidine rings is 1. The molecule has 1 aliphatic heterocycles. The molecular weight excluding hydrogens is 464 g/mol. The first-order valence-electron chi connectivity index (χ1n) is 11.7. The number of carbonyl (C=O) groups is 2. The number of carbonyl (C=O) groups excluding carboxylic acids is 2. The molecule has 2 aliphatic rings. The predicted octanol–water partition coefficient (Wildman–Crippen LogP) is 3.99. The number of rotatable bonds is 4. The summed E-state index contributed by atoms with van der Waals surface area (Å²) in [5.74, 6) is -1.10. The van der Waals surface area contributed by atoms with Gasteiger partial charge >= 0.3 is 0 Å². The lowest BCUT2D eigenvalue weighted by Crippen LogP contribution is -2.36. The first kappa shape index (κ1) is 22.3. The molecule has 0 radical (unpaired) electrons. The van der Waals surface area contributed by atoms with Gasteiger partial charge in [-0.05, 0) is 66.6 Å². The number of amides is 2. The van der Waals surface area contributed by atoms with E-state index in [0.717, 1.165) is 33.9 Å². The fourth-order valence-electron chi connectivity index (χ4n) is 5.85. The number of aryl methyl sites for hydroxylation is 1. The van der Waals surface area contributed by atoms with Crippen molar-refractivity contribution in [2.24, 2.45) is 11.8 Å². The van der Waals surface area contributed by atoms with E-state index in [2.05, 4.69) is 21.5 Å². The summed E-state index contributed by atoms with van der Waals surface area (Å²) in [5.41, 5.74) is 3.08. The molecule has 4 aromatic rings. The van der Waals surface area contributed by atoms with Crippen LogP contribution in [0.25, 0.3) is 16.6 Å². The van der Waals surface area contributed by atoms with Crippen LogP contribution in [0.3, 0.4) is 0 Å². The maximum Gasteiger partial charge on any atom is 0.230 e. The van der Waals surface area contributed by atoms with Crippen molar-refractivity contribution in [3.05, 3.63) is 83.7 Å². The highest BCUT2D eigenvalue weighted by molar-refractivity contribution is 5.97. The zero-order chi connectivity index (χ0) is 25.2. The van der Waals surface area contributed by atoms with Crippen LogP contribution in [0, 0.1) is 30.4 Å². The van der Waals surface area contributed by atoms with Crippen LogP contribution in [0.15, 0.2) is 60.9 Å². The summed E-state index contributed by atoms with van der Waals surface area (Å²) in [6, 6.07) is 12.9. The smallest absolute Gasteiger partial charge is 0.230 e. The summed E-state index contributed by atoms with van der Waals surface area (Å²) in [6.45, 7) is 4.48.